The first-order chi connectivity index (χ1) is 12.2. The molecule has 1 atom stereocenters. The minimum Gasteiger partial charge on any atom is -0.444 e. The second-order valence-corrected chi connectivity index (χ2v) is 8.55. The van der Waals surface area contributed by atoms with Gasteiger partial charge in [0.25, 0.3) is 5.91 Å². The Morgan fingerprint density at radius 3 is 2.58 bits per heavy atom. The highest BCUT2D eigenvalue weighted by Gasteiger charge is 2.33. The molecular weight excluding hydrogens is 332 g/mol. The first kappa shape index (κ1) is 18.7. The summed E-state index contributed by atoms with van der Waals surface area (Å²) >= 11 is 0. The van der Waals surface area contributed by atoms with Crippen molar-refractivity contribution in [2.75, 3.05) is 19.6 Å². The fraction of sp³-hybridized carbons (Fsp3) is 0.737. The molecule has 144 valence electrons. The molecule has 0 N–H and O–H groups in total. The van der Waals surface area contributed by atoms with Crippen molar-refractivity contribution >= 4 is 12.0 Å². The Labute approximate surface area is 155 Å². The lowest BCUT2D eigenvalue weighted by Gasteiger charge is -2.32. The summed E-state index contributed by atoms with van der Waals surface area (Å²) in [6.45, 7) is 10.3. The third kappa shape index (κ3) is 3.86. The van der Waals surface area contributed by atoms with Gasteiger partial charge in [0.05, 0.1) is 6.54 Å². The van der Waals surface area contributed by atoms with E-state index in [1.807, 2.05) is 32.7 Å². The zero-order valence-electron chi connectivity index (χ0n) is 16.5. The Balaban J connectivity index is 1.81. The van der Waals surface area contributed by atoms with Gasteiger partial charge in [0.2, 0.25) is 0 Å². The fourth-order valence-corrected chi connectivity index (χ4v) is 3.77. The van der Waals surface area contributed by atoms with Crippen LogP contribution < -0.4 is 0 Å². The molecule has 3 rings (SSSR count). The summed E-state index contributed by atoms with van der Waals surface area (Å²) in [4.78, 5) is 29.1. The highest BCUT2D eigenvalue weighted by Crippen LogP contribution is 2.26. The molecule has 0 aromatic carbocycles. The van der Waals surface area contributed by atoms with E-state index in [1.165, 1.54) is 0 Å². The van der Waals surface area contributed by atoms with Crippen molar-refractivity contribution < 1.29 is 14.3 Å². The summed E-state index contributed by atoms with van der Waals surface area (Å²) in [7, 11) is 1.87. The van der Waals surface area contributed by atoms with Gasteiger partial charge in [-0.3, -0.25) is 9.48 Å². The molecule has 1 fully saturated rings. The van der Waals surface area contributed by atoms with Crippen LogP contribution in [0.5, 0.6) is 0 Å². The third-order valence-corrected chi connectivity index (χ3v) is 5.04. The maximum atomic E-state index is 13.1. The fourth-order valence-electron chi connectivity index (χ4n) is 3.77. The van der Waals surface area contributed by atoms with Gasteiger partial charge < -0.3 is 14.5 Å². The van der Waals surface area contributed by atoms with Gasteiger partial charge in [0.1, 0.15) is 5.60 Å². The number of amides is 2. The number of piperidine rings is 1. The van der Waals surface area contributed by atoms with E-state index in [1.54, 1.807) is 9.58 Å². The number of rotatable bonds is 1. The van der Waals surface area contributed by atoms with Crippen LogP contribution in [0, 0.1) is 5.92 Å². The molecule has 2 aliphatic rings. The van der Waals surface area contributed by atoms with Crippen molar-refractivity contribution in [2.24, 2.45) is 13.0 Å². The SMILES string of the molecule is CC1CCCN(C(=O)c2nn(C)c3c2CN(C(=O)OC(C)(C)C)CC3)C1. The molecule has 0 saturated carbocycles. The van der Waals surface area contributed by atoms with Crippen LogP contribution in [-0.4, -0.2) is 56.8 Å². The van der Waals surface area contributed by atoms with Gasteiger partial charge in [-0.15, -0.1) is 0 Å². The molecule has 1 aromatic rings. The van der Waals surface area contributed by atoms with Gasteiger partial charge in [-0.25, -0.2) is 4.79 Å². The predicted molar refractivity (Wildman–Crippen MR) is 97.9 cm³/mol. The van der Waals surface area contributed by atoms with E-state index in [0.717, 1.165) is 37.2 Å². The molecule has 1 saturated heterocycles. The summed E-state index contributed by atoms with van der Waals surface area (Å²) in [6.07, 6.45) is 2.54. The minimum atomic E-state index is -0.533. The van der Waals surface area contributed by atoms with E-state index >= 15 is 0 Å². The van der Waals surface area contributed by atoms with Crippen molar-refractivity contribution in [3.63, 3.8) is 0 Å². The topological polar surface area (TPSA) is 67.7 Å². The molecule has 7 nitrogen and oxygen atoms in total. The highest BCUT2D eigenvalue weighted by atomic mass is 16.6. The van der Waals surface area contributed by atoms with Crippen LogP contribution in [0.3, 0.4) is 0 Å². The molecule has 0 radical (unpaired) electrons. The van der Waals surface area contributed by atoms with Gasteiger partial charge in [-0.2, -0.15) is 5.10 Å². The normalized spacial score (nSPS) is 20.7. The molecule has 26 heavy (non-hydrogen) atoms. The molecule has 1 aromatic heterocycles. The second-order valence-electron chi connectivity index (χ2n) is 8.55. The molecule has 2 aliphatic heterocycles. The van der Waals surface area contributed by atoms with Crippen molar-refractivity contribution in [2.45, 2.75) is 59.1 Å². The smallest absolute Gasteiger partial charge is 0.410 e. The summed E-state index contributed by atoms with van der Waals surface area (Å²) in [5, 5.41) is 4.51. The van der Waals surface area contributed by atoms with Crippen LogP contribution in [0.15, 0.2) is 0 Å². The average Bonchev–Trinajstić information content (AvgIpc) is 2.89. The Morgan fingerprint density at radius 1 is 1.19 bits per heavy atom. The standard InChI is InChI=1S/C19H30N4O3/c1-13-7-6-9-22(11-13)17(24)16-14-12-23(18(25)26-19(2,3)4)10-8-15(14)21(5)20-16/h13H,6-12H2,1-5H3. The number of fused-ring (bicyclic) bond motifs is 1. The molecule has 0 bridgehead atoms. The van der Waals surface area contributed by atoms with Gasteiger partial charge >= 0.3 is 6.09 Å². The van der Waals surface area contributed by atoms with Crippen LogP contribution >= 0.6 is 0 Å². The summed E-state index contributed by atoms with van der Waals surface area (Å²) < 4.78 is 7.29. The highest BCUT2D eigenvalue weighted by molar-refractivity contribution is 5.94. The Hall–Kier alpha value is -2.05. The van der Waals surface area contributed by atoms with Crippen LogP contribution in [0.1, 0.15) is 62.3 Å². The van der Waals surface area contributed by atoms with E-state index in [9.17, 15) is 9.59 Å². The molecule has 1 unspecified atom stereocenters. The first-order valence-electron chi connectivity index (χ1n) is 9.47. The monoisotopic (exact) mass is 362 g/mol. The van der Waals surface area contributed by atoms with Crippen molar-refractivity contribution in [1.29, 1.82) is 0 Å². The molecule has 3 heterocycles. The number of nitrogens with zero attached hydrogens (tertiary/aromatic N) is 4. The van der Waals surface area contributed by atoms with Gasteiger partial charge in [-0.1, -0.05) is 6.92 Å². The second kappa shape index (κ2) is 6.93. The van der Waals surface area contributed by atoms with Crippen molar-refractivity contribution in [3.05, 3.63) is 17.0 Å². The third-order valence-electron chi connectivity index (χ3n) is 5.04. The number of hydrogen-bond donors (Lipinski definition) is 0. The molecular formula is C19H30N4O3. The maximum absolute atomic E-state index is 13.1. The zero-order valence-corrected chi connectivity index (χ0v) is 16.5. The zero-order chi connectivity index (χ0) is 19.1. The molecule has 0 aliphatic carbocycles. The van der Waals surface area contributed by atoms with Gasteiger partial charge in [-0.05, 0) is 39.5 Å². The Kier molecular flexibility index (Phi) is 4.99. The van der Waals surface area contributed by atoms with E-state index in [4.69, 9.17) is 4.74 Å². The van der Waals surface area contributed by atoms with E-state index < -0.39 is 5.60 Å². The average molecular weight is 362 g/mol. The lowest BCUT2D eigenvalue weighted by Crippen LogP contribution is -2.42. The number of hydrogen-bond acceptors (Lipinski definition) is 4. The van der Waals surface area contributed by atoms with Crippen LogP contribution in [0.4, 0.5) is 4.79 Å². The molecule has 0 spiro atoms. The Bertz CT molecular complexity index is 704. The summed E-state index contributed by atoms with van der Waals surface area (Å²) in [6, 6.07) is 0. The number of ether oxygens (including phenoxy) is 1. The Morgan fingerprint density at radius 2 is 1.92 bits per heavy atom. The number of likely N-dealkylation sites (tertiary alicyclic amines) is 1. The summed E-state index contributed by atoms with van der Waals surface area (Å²) in [5.41, 5.74) is 1.87. The lowest BCUT2D eigenvalue weighted by molar-refractivity contribution is 0.0221. The van der Waals surface area contributed by atoms with Crippen LogP contribution in [0.2, 0.25) is 0 Å². The predicted octanol–water partition coefficient (Wildman–Crippen LogP) is 2.59. The quantitative estimate of drug-likeness (QED) is 0.770. The number of carbonyl (C=O) groups is 2. The van der Waals surface area contributed by atoms with E-state index in [0.29, 0.717) is 31.1 Å². The molecule has 2 amide bonds. The minimum absolute atomic E-state index is 0.0144. The van der Waals surface area contributed by atoms with E-state index in [2.05, 4.69) is 12.0 Å². The number of aryl methyl sites for hydroxylation is 1. The largest absolute Gasteiger partial charge is 0.444 e. The van der Waals surface area contributed by atoms with Gasteiger partial charge in [0.15, 0.2) is 5.69 Å². The molecule has 7 heteroatoms. The van der Waals surface area contributed by atoms with Crippen molar-refractivity contribution in [3.8, 4) is 0 Å². The summed E-state index contributed by atoms with van der Waals surface area (Å²) in [5.74, 6) is 0.505. The van der Waals surface area contributed by atoms with E-state index in [-0.39, 0.29) is 12.0 Å². The van der Waals surface area contributed by atoms with Crippen LogP contribution in [0.25, 0.3) is 0 Å². The van der Waals surface area contributed by atoms with Crippen molar-refractivity contribution in [1.82, 2.24) is 19.6 Å². The number of aromatic nitrogens is 2. The van der Waals surface area contributed by atoms with Crippen LogP contribution in [-0.2, 0) is 24.8 Å². The first-order valence-corrected chi connectivity index (χ1v) is 9.47. The maximum Gasteiger partial charge on any atom is 0.410 e. The number of carbonyl (C=O) groups excluding carboxylic acids is 2. The van der Waals surface area contributed by atoms with Gasteiger partial charge in [0, 0.05) is 44.4 Å². The lowest BCUT2D eigenvalue weighted by atomic mass is 9.99.